The minimum absolute atomic E-state index is 0.0171. The van der Waals surface area contributed by atoms with Crippen LogP contribution in [0.2, 0.25) is 5.02 Å². The molecule has 1 saturated heterocycles. The second-order valence-corrected chi connectivity index (χ2v) is 10.1. The zero-order chi connectivity index (χ0) is 25.9. The molecule has 3 aromatic rings. The van der Waals surface area contributed by atoms with E-state index in [0.717, 1.165) is 30.3 Å². The number of hydrogen-bond donors (Lipinski definition) is 2. The third kappa shape index (κ3) is 4.13. The van der Waals surface area contributed by atoms with E-state index >= 15 is 4.39 Å². The number of rotatable bonds is 6. The lowest BCUT2D eigenvalue weighted by atomic mass is 10.1. The molecule has 2 fully saturated rings. The summed E-state index contributed by atoms with van der Waals surface area (Å²) in [6.07, 6.45) is 3.55. The highest BCUT2D eigenvalue weighted by molar-refractivity contribution is 6.38. The molecule has 11 heteroatoms. The number of aromatic nitrogens is 3. The summed E-state index contributed by atoms with van der Waals surface area (Å²) in [6, 6.07) is 2.30. The number of halogens is 2. The number of aryl methyl sites for hydroxylation is 2. The van der Waals surface area contributed by atoms with Crippen LogP contribution < -0.4 is 15.6 Å². The van der Waals surface area contributed by atoms with Crippen LogP contribution in [0.15, 0.2) is 23.1 Å². The number of carboxylic acids is 1. The Labute approximate surface area is 211 Å². The third-order valence-electron chi connectivity index (χ3n) is 7.00. The summed E-state index contributed by atoms with van der Waals surface area (Å²) >= 11 is 6.72. The fourth-order valence-corrected chi connectivity index (χ4v) is 5.48. The molecular weight excluding hydrogens is 489 g/mol. The van der Waals surface area contributed by atoms with E-state index in [1.54, 1.807) is 21.1 Å². The molecule has 5 rings (SSSR count). The molecule has 0 radical (unpaired) electrons. The number of aromatic carboxylic acids is 1. The minimum Gasteiger partial charge on any atom is -0.477 e. The van der Waals surface area contributed by atoms with Crippen LogP contribution in [-0.2, 0) is 4.79 Å². The van der Waals surface area contributed by atoms with Crippen LogP contribution in [0.5, 0.6) is 0 Å². The highest BCUT2D eigenvalue weighted by Gasteiger charge is 2.33. The number of carbonyl (C=O) groups is 2. The summed E-state index contributed by atoms with van der Waals surface area (Å²) in [4.78, 5) is 39.0. The SMILES string of the molecule is Cc1cc(C)n(C(C)C(=O)NC2CCN(c3c(F)cc4c(=O)c(C(=O)O)cn(C5CC5)c4c3Cl)C2)n1. The Morgan fingerprint density at radius 3 is 2.58 bits per heavy atom. The first-order chi connectivity index (χ1) is 17.1. The summed E-state index contributed by atoms with van der Waals surface area (Å²) < 4.78 is 18.7. The van der Waals surface area contributed by atoms with E-state index in [2.05, 4.69) is 10.4 Å². The van der Waals surface area contributed by atoms with Crippen molar-refractivity contribution in [2.75, 3.05) is 18.0 Å². The van der Waals surface area contributed by atoms with Gasteiger partial charge in [-0.25, -0.2) is 9.18 Å². The van der Waals surface area contributed by atoms with E-state index in [0.29, 0.717) is 25.0 Å². The van der Waals surface area contributed by atoms with Gasteiger partial charge in [0.1, 0.15) is 17.4 Å². The van der Waals surface area contributed by atoms with Crippen LogP contribution in [-0.4, -0.2) is 50.5 Å². The highest BCUT2D eigenvalue weighted by atomic mass is 35.5. The lowest BCUT2D eigenvalue weighted by Crippen LogP contribution is -2.41. The maximum atomic E-state index is 15.4. The molecule has 1 aliphatic heterocycles. The van der Waals surface area contributed by atoms with Gasteiger partial charge in [-0.2, -0.15) is 5.10 Å². The minimum atomic E-state index is -1.36. The number of carboxylic acid groups (broad SMARTS) is 1. The first-order valence-electron chi connectivity index (χ1n) is 11.9. The summed E-state index contributed by atoms with van der Waals surface area (Å²) in [6.45, 7) is 6.35. The van der Waals surface area contributed by atoms with E-state index < -0.39 is 28.8 Å². The predicted octanol–water partition coefficient (Wildman–Crippen LogP) is 3.60. The zero-order valence-electron chi connectivity index (χ0n) is 20.2. The van der Waals surface area contributed by atoms with Crippen molar-refractivity contribution in [1.29, 1.82) is 0 Å². The fourth-order valence-electron chi connectivity index (χ4n) is 5.07. The number of pyridine rings is 1. The molecule has 9 nitrogen and oxygen atoms in total. The Hall–Kier alpha value is -3.40. The van der Waals surface area contributed by atoms with Crippen LogP contribution in [0.4, 0.5) is 10.1 Å². The van der Waals surface area contributed by atoms with Crippen LogP contribution in [0.1, 0.15) is 60.0 Å². The molecule has 36 heavy (non-hydrogen) atoms. The molecular formula is C25H27ClFN5O4. The fraction of sp³-hybridized carbons (Fsp3) is 0.440. The number of nitrogens with zero attached hydrogens (tertiary/aromatic N) is 4. The summed E-state index contributed by atoms with van der Waals surface area (Å²) in [7, 11) is 0. The molecule has 2 N–H and O–H groups in total. The van der Waals surface area contributed by atoms with Gasteiger partial charge in [-0.3, -0.25) is 14.3 Å². The van der Waals surface area contributed by atoms with Crippen molar-refractivity contribution in [1.82, 2.24) is 19.7 Å². The topological polar surface area (TPSA) is 109 Å². The first-order valence-corrected chi connectivity index (χ1v) is 12.3. The quantitative estimate of drug-likeness (QED) is 0.519. The maximum absolute atomic E-state index is 15.4. The first kappa shape index (κ1) is 24.3. The lowest BCUT2D eigenvalue weighted by Gasteiger charge is -2.24. The van der Waals surface area contributed by atoms with Crippen molar-refractivity contribution in [3.05, 3.63) is 56.3 Å². The Kier molecular flexibility index (Phi) is 6.02. The van der Waals surface area contributed by atoms with Gasteiger partial charge in [-0.15, -0.1) is 0 Å². The zero-order valence-corrected chi connectivity index (χ0v) is 21.0. The monoisotopic (exact) mass is 515 g/mol. The van der Waals surface area contributed by atoms with E-state index in [1.807, 2.05) is 19.9 Å². The van der Waals surface area contributed by atoms with Gasteiger partial charge >= 0.3 is 5.97 Å². The average Bonchev–Trinajstić information content (AvgIpc) is 3.47. The number of anilines is 1. The van der Waals surface area contributed by atoms with Crippen molar-refractivity contribution in [2.45, 2.75) is 58.2 Å². The lowest BCUT2D eigenvalue weighted by molar-refractivity contribution is -0.124. The highest BCUT2D eigenvalue weighted by Crippen LogP contribution is 2.42. The second kappa shape index (κ2) is 8.92. The molecule has 190 valence electrons. The largest absolute Gasteiger partial charge is 0.477 e. The van der Waals surface area contributed by atoms with Gasteiger partial charge in [0.05, 0.1) is 27.3 Å². The van der Waals surface area contributed by atoms with E-state index in [-0.39, 0.29) is 34.1 Å². The van der Waals surface area contributed by atoms with Gasteiger partial charge in [-0.05, 0) is 52.2 Å². The predicted molar refractivity (Wildman–Crippen MR) is 134 cm³/mol. The average molecular weight is 516 g/mol. The molecule has 2 unspecified atom stereocenters. The van der Waals surface area contributed by atoms with Gasteiger partial charge < -0.3 is 19.9 Å². The Morgan fingerprint density at radius 1 is 1.25 bits per heavy atom. The Morgan fingerprint density at radius 2 is 1.97 bits per heavy atom. The van der Waals surface area contributed by atoms with E-state index in [4.69, 9.17) is 11.6 Å². The number of benzene rings is 1. The van der Waals surface area contributed by atoms with Crippen molar-refractivity contribution >= 4 is 40.1 Å². The Balaban J connectivity index is 1.43. The number of hydrogen-bond acceptors (Lipinski definition) is 5. The molecule has 1 saturated carbocycles. The number of fused-ring (bicyclic) bond motifs is 1. The van der Waals surface area contributed by atoms with E-state index in [9.17, 15) is 19.5 Å². The molecule has 2 aliphatic rings. The number of amides is 1. The van der Waals surface area contributed by atoms with Crippen LogP contribution >= 0.6 is 11.6 Å². The van der Waals surface area contributed by atoms with Gasteiger partial charge in [-0.1, -0.05) is 11.6 Å². The molecule has 0 spiro atoms. The molecule has 2 atom stereocenters. The standard InChI is InChI=1S/C25H27ClFN5O4/c1-12-8-13(2)32(29-12)14(3)24(34)28-15-6-7-30(10-15)22-19(27)9-17-21(20(22)26)31(16-4-5-16)11-18(23(17)33)25(35)36/h8-9,11,14-16H,4-7,10H2,1-3H3,(H,28,34)(H,35,36). The van der Waals surface area contributed by atoms with Crippen molar-refractivity contribution < 1.29 is 19.1 Å². The van der Waals surface area contributed by atoms with Crippen molar-refractivity contribution in [3.8, 4) is 0 Å². The van der Waals surface area contributed by atoms with E-state index in [1.165, 1.54) is 6.20 Å². The summed E-state index contributed by atoms with van der Waals surface area (Å²) in [5.41, 5.74) is 1.06. The van der Waals surface area contributed by atoms with Crippen LogP contribution in [0.3, 0.4) is 0 Å². The number of nitrogens with one attached hydrogen (secondary N) is 1. The van der Waals surface area contributed by atoms with Crippen molar-refractivity contribution in [2.24, 2.45) is 0 Å². The molecule has 3 heterocycles. The molecule has 1 aromatic carbocycles. The van der Waals surface area contributed by atoms with Gasteiger partial charge in [0.2, 0.25) is 11.3 Å². The Bertz CT molecular complexity index is 1460. The summed E-state index contributed by atoms with van der Waals surface area (Å²) in [5, 5.41) is 16.9. The second-order valence-electron chi connectivity index (χ2n) is 9.72. The maximum Gasteiger partial charge on any atom is 0.341 e. The molecule has 1 amide bonds. The normalized spacial score (nSPS) is 18.6. The van der Waals surface area contributed by atoms with Crippen molar-refractivity contribution in [3.63, 3.8) is 0 Å². The van der Waals surface area contributed by atoms with Gasteiger partial charge in [0.15, 0.2) is 0 Å². The number of carbonyl (C=O) groups excluding carboxylic acids is 1. The molecule has 2 aromatic heterocycles. The molecule has 0 bridgehead atoms. The smallest absolute Gasteiger partial charge is 0.341 e. The van der Waals surface area contributed by atoms with Gasteiger partial charge in [0, 0.05) is 37.1 Å². The van der Waals surface area contributed by atoms with Crippen LogP contribution in [0.25, 0.3) is 10.9 Å². The molecule has 1 aliphatic carbocycles. The summed E-state index contributed by atoms with van der Waals surface area (Å²) in [5.74, 6) is -2.23. The third-order valence-corrected chi connectivity index (χ3v) is 7.35. The van der Waals surface area contributed by atoms with Crippen LogP contribution in [0, 0.1) is 19.7 Å². The van der Waals surface area contributed by atoms with Gasteiger partial charge in [0.25, 0.3) is 0 Å².